The summed E-state index contributed by atoms with van der Waals surface area (Å²) in [4.78, 5) is 0. The smallest absolute Gasteiger partial charge is 0.123 e. The van der Waals surface area contributed by atoms with Crippen molar-refractivity contribution in [1.29, 1.82) is 0 Å². The van der Waals surface area contributed by atoms with E-state index in [0.29, 0.717) is 11.8 Å². The van der Waals surface area contributed by atoms with Crippen molar-refractivity contribution in [2.24, 2.45) is 5.92 Å². The number of aryl methyl sites for hydroxylation is 1. The summed E-state index contributed by atoms with van der Waals surface area (Å²) in [6.45, 7) is 3.02. The van der Waals surface area contributed by atoms with Crippen LogP contribution in [0.15, 0.2) is 18.2 Å². The Morgan fingerprint density at radius 1 is 1.24 bits per heavy atom. The lowest BCUT2D eigenvalue weighted by molar-refractivity contribution is 0.300. The molecule has 1 aromatic rings. The molecule has 1 N–H and O–H groups in total. The van der Waals surface area contributed by atoms with E-state index in [2.05, 4.69) is 11.4 Å². The summed E-state index contributed by atoms with van der Waals surface area (Å²) < 4.78 is 13.5. The van der Waals surface area contributed by atoms with E-state index in [-0.39, 0.29) is 5.82 Å². The maximum atomic E-state index is 13.5. The molecule has 2 heteroatoms. The van der Waals surface area contributed by atoms with Crippen molar-refractivity contribution >= 4 is 0 Å². The first-order valence-corrected chi connectivity index (χ1v) is 6.62. The number of benzene rings is 1. The van der Waals surface area contributed by atoms with Gasteiger partial charge in [0.15, 0.2) is 0 Å². The van der Waals surface area contributed by atoms with Crippen LogP contribution in [0.25, 0.3) is 0 Å². The van der Waals surface area contributed by atoms with Gasteiger partial charge in [-0.25, -0.2) is 4.39 Å². The van der Waals surface area contributed by atoms with Crippen molar-refractivity contribution in [3.63, 3.8) is 0 Å². The Hall–Kier alpha value is -0.890. The van der Waals surface area contributed by atoms with E-state index in [0.717, 1.165) is 12.1 Å². The second-order valence-electron chi connectivity index (χ2n) is 5.27. The van der Waals surface area contributed by atoms with Gasteiger partial charge in [0.05, 0.1) is 0 Å². The van der Waals surface area contributed by atoms with Crippen LogP contribution in [0.1, 0.15) is 42.7 Å². The minimum absolute atomic E-state index is 0.0891. The summed E-state index contributed by atoms with van der Waals surface area (Å²) >= 11 is 0. The normalized spacial score (nSPS) is 24.9. The molecular weight excluding hydrogens is 213 g/mol. The predicted molar refractivity (Wildman–Crippen MR) is 69.8 cm³/mol. The second-order valence-corrected chi connectivity index (χ2v) is 5.27. The lowest BCUT2D eigenvalue weighted by Gasteiger charge is -2.32. The number of hydrogen-bond donors (Lipinski definition) is 1. The summed E-state index contributed by atoms with van der Waals surface area (Å²) in [6, 6.07) is 5.49. The Labute approximate surface area is 103 Å². The number of halogens is 1. The number of hydrogen-bond acceptors (Lipinski definition) is 1. The lowest BCUT2D eigenvalue weighted by atomic mass is 9.75. The summed E-state index contributed by atoms with van der Waals surface area (Å²) in [5.41, 5.74) is 2.23. The monoisotopic (exact) mass is 235 g/mol. The first-order valence-electron chi connectivity index (χ1n) is 6.62. The first kappa shape index (κ1) is 12.6. The van der Waals surface area contributed by atoms with Gasteiger partial charge in [-0.3, -0.25) is 0 Å². The largest absolute Gasteiger partial charge is 0.319 e. The van der Waals surface area contributed by atoms with Crippen LogP contribution in [-0.2, 0) is 0 Å². The Balaban J connectivity index is 2.22. The zero-order valence-electron chi connectivity index (χ0n) is 10.8. The number of nitrogens with one attached hydrogen (secondary N) is 1. The molecule has 2 rings (SSSR count). The minimum Gasteiger partial charge on any atom is -0.319 e. The van der Waals surface area contributed by atoms with Gasteiger partial charge in [0, 0.05) is 0 Å². The molecule has 0 aliphatic heterocycles. The van der Waals surface area contributed by atoms with Crippen molar-refractivity contribution in [1.82, 2.24) is 5.32 Å². The lowest BCUT2D eigenvalue weighted by Crippen LogP contribution is -2.27. The van der Waals surface area contributed by atoms with E-state index in [1.54, 1.807) is 12.1 Å². The average molecular weight is 235 g/mol. The van der Waals surface area contributed by atoms with E-state index >= 15 is 0 Å². The Morgan fingerprint density at radius 3 is 2.71 bits per heavy atom. The molecule has 1 fully saturated rings. The van der Waals surface area contributed by atoms with E-state index in [9.17, 15) is 4.39 Å². The van der Waals surface area contributed by atoms with Gasteiger partial charge in [0.1, 0.15) is 5.82 Å². The second kappa shape index (κ2) is 5.63. The van der Waals surface area contributed by atoms with Crippen LogP contribution in [0.5, 0.6) is 0 Å². The minimum atomic E-state index is -0.0891. The fourth-order valence-corrected chi connectivity index (χ4v) is 3.13. The SMILES string of the molecule is CNCC1CCCCC1c1cc(C)cc(F)c1. The predicted octanol–water partition coefficient (Wildman–Crippen LogP) is 3.63. The van der Waals surface area contributed by atoms with Crippen LogP contribution < -0.4 is 5.32 Å². The summed E-state index contributed by atoms with van der Waals surface area (Å²) in [7, 11) is 2.00. The average Bonchev–Trinajstić information content (AvgIpc) is 2.29. The molecule has 2 atom stereocenters. The maximum Gasteiger partial charge on any atom is 0.123 e. The highest BCUT2D eigenvalue weighted by Crippen LogP contribution is 2.37. The molecule has 0 aromatic heterocycles. The molecule has 1 aliphatic carbocycles. The molecule has 0 heterocycles. The van der Waals surface area contributed by atoms with Crippen LogP contribution in [0.4, 0.5) is 4.39 Å². The molecule has 0 bridgehead atoms. The van der Waals surface area contributed by atoms with Gasteiger partial charge in [-0.1, -0.05) is 18.9 Å². The first-order chi connectivity index (χ1) is 8.20. The van der Waals surface area contributed by atoms with E-state index in [4.69, 9.17) is 0 Å². The standard InChI is InChI=1S/C15H22FN/c1-11-7-13(9-14(16)8-11)15-6-4-3-5-12(15)10-17-2/h7-9,12,15,17H,3-6,10H2,1-2H3. The van der Waals surface area contributed by atoms with E-state index in [1.165, 1.54) is 31.2 Å². The number of rotatable bonds is 3. The molecule has 2 unspecified atom stereocenters. The Morgan fingerprint density at radius 2 is 2.00 bits per heavy atom. The zero-order chi connectivity index (χ0) is 12.3. The molecular formula is C15H22FN. The molecule has 0 saturated heterocycles. The summed E-state index contributed by atoms with van der Waals surface area (Å²) in [6.07, 6.45) is 5.06. The van der Waals surface area contributed by atoms with Gasteiger partial charge < -0.3 is 5.32 Å². The van der Waals surface area contributed by atoms with Gasteiger partial charge in [-0.05, 0) is 68.5 Å². The van der Waals surface area contributed by atoms with Gasteiger partial charge in [-0.15, -0.1) is 0 Å². The van der Waals surface area contributed by atoms with Crippen LogP contribution in [0.2, 0.25) is 0 Å². The van der Waals surface area contributed by atoms with E-state index in [1.807, 2.05) is 14.0 Å². The van der Waals surface area contributed by atoms with Crippen molar-refractivity contribution in [3.05, 3.63) is 35.1 Å². The summed E-state index contributed by atoms with van der Waals surface area (Å²) in [5, 5.41) is 3.27. The van der Waals surface area contributed by atoms with Crippen LogP contribution in [0, 0.1) is 18.7 Å². The van der Waals surface area contributed by atoms with Gasteiger partial charge in [0.2, 0.25) is 0 Å². The molecule has 94 valence electrons. The highest BCUT2D eigenvalue weighted by atomic mass is 19.1. The van der Waals surface area contributed by atoms with Gasteiger partial charge in [0.25, 0.3) is 0 Å². The fraction of sp³-hybridized carbons (Fsp3) is 0.600. The topological polar surface area (TPSA) is 12.0 Å². The molecule has 0 amide bonds. The van der Waals surface area contributed by atoms with Crippen molar-refractivity contribution in [3.8, 4) is 0 Å². The van der Waals surface area contributed by atoms with Crippen molar-refractivity contribution in [2.75, 3.05) is 13.6 Å². The third kappa shape index (κ3) is 3.06. The Bertz CT molecular complexity index is 353. The molecule has 1 nitrogen and oxygen atoms in total. The van der Waals surface area contributed by atoms with E-state index < -0.39 is 0 Å². The zero-order valence-corrected chi connectivity index (χ0v) is 10.8. The Kier molecular flexibility index (Phi) is 4.16. The molecule has 1 aromatic carbocycles. The third-order valence-electron chi connectivity index (χ3n) is 3.87. The highest BCUT2D eigenvalue weighted by Gasteiger charge is 2.26. The molecule has 17 heavy (non-hydrogen) atoms. The molecule has 0 radical (unpaired) electrons. The highest BCUT2D eigenvalue weighted by molar-refractivity contribution is 5.27. The summed E-state index contributed by atoms with van der Waals surface area (Å²) in [5.74, 6) is 1.11. The molecule has 1 aliphatic rings. The molecule has 1 saturated carbocycles. The van der Waals surface area contributed by atoms with Crippen LogP contribution in [-0.4, -0.2) is 13.6 Å². The van der Waals surface area contributed by atoms with Gasteiger partial charge >= 0.3 is 0 Å². The molecule has 0 spiro atoms. The maximum absolute atomic E-state index is 13.5. The van der Waals surface area contributed by atoms with Crippen molar-refractivity contribution < 1.29 is 4.39 Å². The fourth-order valence-electron chi connectivity index (χ4n) is 3.13. The third-order valence-corrected chi connectivity index (χ3v) is 3.87. The van der Waals surface area contributed by atoms with Crippen molar-refractivity contribution in [2.45, 2.75) is 38.5 Å². The van der Waals surface area contributed by atoms with Crippen LogP contribution in [0.3, 0.4) is 0 Å². The quantitative estimate of drug-likeness (QED) is 0.843. The van der Waals surface area contributed by atoms with Gasteiger partial charge in [-0.2, -0.15) is 0 Å². The van der Waals surface area contributed by atoms with Crippen LogP contribution >= 0.6 is 0 Å².